The van der Waals surface area contributed by atoms with Crippen molar-refractivity contribution in [2.75, 3.05) is 20.2 Å². The summed E-state index contributed by atoms with van der Waals surface area (Å²) in [5, 5.41) is 7.33. The number of ether oxygens (including phenoxy) is 1. The minimum Gasteiger partial charge on any atom is -0.469 e. The molecule has 1 aromatic heterocycles. The fraction of sp³-hybridized carbons (Fsp3) is 0.600. The second-order valence-corrected chi connectivity index (χ2v) is 3.84. The fourth-order valence-electron chi connectivity index (χ4n) is 2.06. The molecule has 1 aliphatic heterocycles. The van der Waals surface area contributed by atoms with E-state index in [9.17, 15) is 4.79 Å². The Morgan fingerprint density at radius 2 is 2.47 bits per heavy atom. The maximum atomic E-state index is 11.5. The lowest BCUT2D eigenvalue weighted by Gasteiger charge is -2.14. The van der Waals surface area contributed by atoms with E-state index >= 15 is 0 Å². The van der Waals surface area contributed by atoms with E-state index in [0.717, 1.165) is 12.1 Å². The van der Waals surface area contributed by atoms with Crippen LogP contribution >= 0.6 is 0 Å². The molecular weight excluding hydrogens is 194 g/mol. The van der Waals surface area contributed by atoms with Gasteiger partial charge >= 0.3 is 5.97 Å². The van der Waals surface area contributed by atoms with E-state index in [4.69, 9.17) is 4.74 Å². The Hall–Kier alpha value is -1.36. The molecule has 2 rings (SSSR count). The van der Waals surface area contributed by atoms with Gasteiger partial charge in [0.15, 0.2) is 0 Å². The van der Waals surface area contributed by atoms with Crippen LogP contribution in [0.2, 0.25) is 0 Å². The first kappa shape index (κ1) is 10.2. The zero-order chi connectivity index (χ0) is 10.8. The van der Waals surface area contributed by atoms with Crippen LogP contribution in [-0.2, 0) is 16.6 Å². The van der Waals surface area contributed by atoms with Gasteiger partial charge in [-0.15, -0.1) is 0 Å². The first-order valence-electron chi connectivity index (χ1n) is 4.99. The maximum absolute atomic E-state index is 11.5. The van der Waals surface area contributed by atoms with Crippen LogP contribution in [0, 0.1) is 5.92 Å². The first-order chi connectivity index (χ1) is 7.22. The predicted octanol–water partition coefficient (Wildman–Crippen LogP) is -0.104. The number of esters is 1. The van der Waals surface area contributed by atoms with Gasteiger partial charge in [-0.05, 0) is 5.56 Å². The molecule has 2 heterocycles. The molecule has 1 aromatic rings. The number of aromatic nitrogens is 2. The van der Waals surface area contributed by atoms with Gasteiger partial charge in [0.1, 0.15) is 0 Å². The number of hydrogen-bond donors (Lipinski definition) is 1. The van der Waals surface area contributed by atoms with Crippen molar-refractivity contribution >= 4 is 5.97 Å². The van der Waals surface area contributed by atoms with Crippen molar-refractivity contribution in [1.82, 2.24) is 15.1 Å². The summed E-state index contributed by atoms with van der Waals surface area (Å²) in [6.45, 7) is 1.50. The van der Waals surface area contributed by atoms with Gasteiger partial charge in [0.2, 0.25) is 0 Å². The minimum atomic E-state index is -0.145. The summed E-state index contributed by atoms with van der Waals surface area (Å²) >= 11 is 0. The Kier molecular flexibility index (Phi) is 2.73. The molecule has 0 radical (unpaired) electrons. The Labute approximate surface area is 88.4 Å². The highest BCUT2D eigenvalue weighted by molar-refractivity contribution is 5.74. The van der Waals surface area contributed by atoms with Crippen molar-refractivity contribution in [3.8, 4) is 0 Å². The summed E-state index contributed by atoms with van der Waals surface area (Å²) in [6, 6.07) is 0. The van der Waals surface area contributed by atoms with Crippen molar-refractivity contribution in [3.05, 3.63) is 18.0 Å². The highest BCUT2D eigenvalue weighted by Crippen LogP contribution is 2.28. The summed E-state index contributed by atoms with van der Waals surface area (Å²) in [5.41, 5.74) is 1.10. The molecule has 2 atom stereocenters. The van der Waals surface area contributed by atoms with Gasteiger partial charge in [0, 0.05) is 32.3 Å². The van der Waals surface area contributed by atoms with Crippen LogP contribution < -0.4 is 5.32 Å². The summed E-state index contributed by atoms with van der Waals surface area (Å²) in [5.74, 6) is -0.0424. The van der Waals surface area contributed by atoms with E-state index in [1.807, 2.05) is 19.4 Å². The van der Waals surface area contributed by atoms with Gasteiger partial charge in [-0.3, -0.25) is 9.48 Å². The second-order valence-electron chi connectivity index (χ2n) is 3.84. The van der Waals surface area contributed by atoms with Crippen LogP contribution in [0.15, 0.2) is 12.4 Å². The summed E-state index contributed by atoms with van der Waals surface area (Å²) in [6.07, 6.45) is 3.77. The molecule has 5 nitrogen and oxygen atoms in total. The van der Waals surface area contributed by atoms with Gasteiger partial charge in [-0.1, -0.05) is 0 Å². The molecule has 82 valence electrons. The third kappa shape index (κ3) is 1.87. The van der Waals surface area contributed by atoms with Gasteiger partial charge in [0.25, 0.3) is 0 Å². The van der Waals surface area contributed by atoms with E-state index in [-0.39, 0.29) is 17.8 Å². The normalized spacial score (nSPS) is 25.5. The molecule has 0 bridgehead atoms. The number of carbonyl (C=O) groups is 1. The molecule has 0 saturated carbocycles. The monoisotopic (exact) mass is 209 g/mol. The van der Waals surface area contributed by atoms with Crippen molar-refractivity contribution in [1.29, 1.82) is 0 Å². The molecule has 1 N–H and O–H groups in total. The lowest BCUT2D eigenvalue weighted by Crippen LogP contribution is -2.22. The summed E-state index contributed by atoms with van der Waals surface area (Å²) < 4.78 is 6.54. The van der Waals surface area contributed by atoms with Crippen molar-refractivity contribution in [2.45, 2.75) is 5.92 Å². The van der Waals surface area contributed by atoms with E-state index < -0.39 is 0 Å². The van der Waals surface area contributed by atoms with Gasteiger partial charge < -0.3 is 10.1 Å². The van der Waals surface area contributed by atoms with E-state index in [0.29, 0.717) is 6.54 Å². The number of aryl methyl sites for hydroxylation is 1. The SMILES string of the molecule is COC(=O)[C@@H]1CNC[C@H]1c1cnn(C)c1. The fourth-order valence-corrected chi connectivity index (χ4v) is 2.06. The van der Waals surface area contributed by atoms with E-state index in [2.05, 4.69) is 10.4 Å². The molecular formula is C10H15N3O2. The number of rotatable bonds is 2. The number of nitrogens with one attached hydrogen (secondary N) is 1. The smallest absolute Gasteiger partial charge is 0.310 e. The van der Waals surface area contributed by atoms with Crippen molar-refractivity contribution in [3.63, 3.8) is 0 Å². The van der Waals surface area contributed by atoms with Crippen LogP contribution in [0.5, 0.6) is 0 Å². The molecule has 0 aromatic carbocycles. The van der Waals surface area contributed by atoms with Crippen molar-refractivity contribution in [2.24, 2.45) is 13.0 Å². The highest BCUT2D eigenvalue weighted by atomic mass is 16.5. The number of nitrogens with zero attached hydrogens (tertiary/aromatic N) is 2. The topological polar surface area (TPSA) is 56.1 Å². The Balaban J connectivity index is 2.18. The van der Waals surface area contributed by atoms with Crippen molar-refractivity contribution < 1.29 is 9.53 Å². The van der Waals surface area contributed by atoms with Crippen LogP contribution in [-0.4, -0.2) is 35.9 Å². The Morgan fingerprint density at radius 1 is 1.67 bits per heavy atom. The average molecular weight is 209 g/mol. The molecule has 0 unspecified atom stereocenters. The average Bonchev–Trinajstić information content (AvgIpc) is 2.84. The van der Waals surface area contributed by atoms with Crippen LogP contribution in [0.4, 0.5) is 0 Å². The molecule has 0 spiro atoms. The standard InChI is InChI=1S/C10H15N3O2/c1-13-6-7(3-12-13)8-4-11-5-9(8)10(14)15-2/h3,6,8-9,11H,4-5H2,1-2H3/t8-,9+/m0/s1. The highest BCUT2D eigenvalue weighted by Gasteiger charge is 2.35. The van der Waals surface area contributed by atoms with Gasteiger partial charge in [-0.25, -0.2) is 0 Å². The van der Waals surface area contributed by atoms with Crippen LogP contribution in [0.1, 0.15) is 11.5 Å². The van der Waals surface area contributed by atoms with Gasteiger partial charge in [0.05, 0.1) is 19.2 Å². The summed E-state index contributed by atoms with van der Waals surface area (Å²) in [7, 11) is 3.31. The van der Waals surface area contributed by atoms with Crippen LogP contribution in [0.3, 0.4) is 0 Å². The first-order valence-corrected chi connectivity index (χ1v) is 4.99. The second kappa shape index (κ2) is 4.02. The van der Waals surface area contributed by atoms with E-state index in [1.165, 1.54) is 7.11 Å². The number of hydrogen-bond acceptors (Lipinski definition) is 4. The van der Waals surface area contributed by atoms with Gasteiger partial charge in [-0.2, -0.15) is 5.10 Å². The lowest BCUT2D eigenvalue weighted by atomic mass is 9.91. The van der Waals surface area contributed by atoms with E-state index in [1.54, 1.807) is 4.68 Å². The molecule has 1 saturated heterocycles. The molecule has 1 fully saturated rings. The summed E-state index contributed by atoms with van der Waals surface area (Å²) in [4.78, 5) is 11.5. The Bertz CT molecular complexity index is 361. The molecule has 0 amide bonds. The molecule has 0 aliphatic carbocycles. The molecule has 5 heteroatoms. The maximum Gasteiger partial charge on any atom is 0.310 e. The number of methoxy groups -OCH3 is 1. The number of carbonyl (C=O) groups excluding carboxylic acids is 1. The largest absolute Gasteiger partial charge is 0.469 e. The third-order valence-corrected chi connectivity index (χ3v) is 2.87. The zero-order valence-corrected chi connectivity index (χ0v) is 8.93. The zero-order valence-electron chi connectivity index (χ0n) is 8.93. The molecule has 1 aliphatic rings. The van der Waals surface area contributed by atoms with Crippen LogP contribution in [0.25, 0.3) is 0 Å². The Morgan fingerprint density at radius 3 is 3.07 bits per heavy atom. The molecule has 15 heavy (non-hydrogen) atoms. The minimum absolute atomic E-state index is 0.0841. The third-order valence-electron chi connectivity index (χ3n) is 2.87. The lowest BCUT2D eigenvalue weighted by molar-refractivity contribution is -0.145. The quantitative estimate of drug-likeness (QED) is 0.691. The predicted molar refractivity (Wildman–Crippen MR) is 54.3 cm³/mol.